The molecule has 0 radical (unpaired) electrons. The molecule has 0 saturated carbocycles. The standard InChI is InChI=1S/C27H25ClN6OS/c1-18-6-4-7-20(16-18)31-24(35)12-15-34-26(25(32-27(34)36)21-8-2-3-13-29-21)22-9-5-14-33(22)23-11-10-19(28)17-30-23/h2-11,13-14,16-17,25-26H,12,15H2,1H3,(H,31,35)(H,32,36). The summed E-state index contributed by atoms with van der Waals surface area (Å²) in [7, 11) is 0. The molecule has 2 unspecified atom stereocenters. The van der Waals surface area contributed by atoms with E-state index < -0.39 is 0 Å². The van der Waals surface area contributed by atoms with Gasteiger partial charge in [0.15, 0.2) is 5.11 Å². The van der Waals surface area contributed by atoms with Gasteiger partial charge in [-0.25, -0.2) is 4.98 Å². The zero-order valence-electron chi connectivity index (χ0n) is 19.6. The first-order chi connectivity index (χ1) is 17.5. The van der Waals surface area contributed by atoms with E-state index >= 15 is 0 Å². The number of halogens is 1. The van der Waals surface area contributed by atoms with E-state index in [1.54, 1.807) is 12.4 Å². The van der Waals surface area contributed by atoms with E-state index in [1.807, 2.05) is 84.4 Å². The van der Waals surface area contributed by atoms with E-state index in [9.17, 15) is 4.79 Å². The molecule has 7 nitrogen and oxygen atoms in total. The smallest absolute Gasteiger partial charge is 0.226 e. The number of carbonyl (C=O) groups is 1. The fourth-order valence-electron chi connectivity index (χ4n) is 4.49. The molecule has 1 fully saturated rings. The van der Waals surface area contributed by atoms with Crippen molar-refractivity contribution >= 4 is 40.5 Å². The Morgan fingerprint density at radius 2 is 2.00 bits per heavy atom. The summed E-state index contributed by atoms with van der Waals surface area (Å²) in [5.74, 6) is 0.673. The van der Waals surface area contributed by atoms with E-state index in [1.165, 1.54) is 0 Å². The maximum absolute atomic E-state index is 12.8. The van der Waals surface area contributed by atoms with Crippen molar-refractivity contribution in [2.45, 2.75) is 25.4 Å². The van der Waals surface area contributed by atoms with Crippen molar-refractivity contribution in [3.05, 3.63) is 107 Å². The number of nitrogens with one attached hydrogen (secondary N) is 2. The third-order valence-electron chi connectivity index (χ3n) is 6.12. The van der Waals surface area contributed by atoms with E-state index in [0.717, 1.165) is 28.5 Å². The predicted molar refractivity (Wildman–Crippen MR) is 145 cm³/mol. The summed E-state index contributed by atoms with van der Waals surface area (Å²) in [6.45, 7) is 2.44. The third-order valence-corrected chi connectivity index (χ3v) is 6.70. The third kappa shape index (κ3) is 5.10. The molecule has 4 aromatic rings. The highest BCUT2D eigenvalue weighted by Gasteiger charge is 2.41. The van der Waals surface area contributed by atoms with Crippen LogP contribution in [0.15, 0.2) is 85.3 Å². The van der Waals surface area contributed by atoms with Crippen LogP contribution in [0.2, 0.25) is 5.02 Å². The Bertz CT molecular complexity index is 1370. The number of anilines is 1. The van der Waals surface area contributed by atoms with Crippen molar-refractivity contribution in [2.75, 3.05) is 11.9 Å². The van der Waals surface area contributed by atoms with Crippen LogP contribution in [0.4, 0.5) is 5.69 Å². The highest BCUT2D eigenvalue weighted by molar-refractivity contribution is 7.80. The Kier molecular flexibility index (Phi) is 6.97. The van der Waals surface area contributed by atoms with Gasteiger partial charge in [0.2, 0.25) is 5.91 Å². The Balaban J connectivity index is 1.44. The first-order valence-electron chi connectivity index (χ1n) is 11.6. The Labute approximate surface area is 220 Å². The van der Waals surface area contributed by atoms with Gasteiger partial charge in [-0.3, -0.25) is 9.78 Å². The SMILES string of the molecule is Cc1cccc(NC(=O)CCN2C(=S)NC(c3ccccn3)C2c2cccn2-c2ccc(Cl)cn2)c1. The molecular weight excluding hydrogens is 492 g/mol. The molecule has 2 N–H and O–H groups in total. The van der Waals surface area contributed by atoms with Crippen molar-refractivity contribution in [3.8, 4) is 5.82 Å². The van der Waals surface area contributed by atoms with Gasteiger partial charge in [0, 0.05) is 42.9 Å². The van der Waals surface area contributed by atoms with Crippen LogP contribution >= 0.6 is 23.8 Å². The number of rotatable bonds is 7. The second-order valence-corrected chi connectivity index (χ2v) is 9.45. The fourth-order valence-corrected chi connectivity index (χ4v) is 4.93. The Morgan fingerprint density at radius 1 is 1.11 bits per heavy atom. The summed E-state index contributed by atoms with van der Waals surface area (Å²) in [5.41, 5.74) is 3.72. The highest BCUT2D eigenvalue weighted by Crippen LogP contribution is 2.39. The van der Waals surface area contributed by atoms with E-state index in [2.05, 4.69) is 25.5 Å². The molecule has 0 spiro atoms. The van der Waals surface area contributed by atoms with Crippen LogP contribution < -0.4 is 10.6 Å². The van der Waals surface area contributed by atoms with Crippen LogP contribution in [0, 0.1) is 6.92 Å². The molecule has 9 heteroatoms. The topological polar surface area (TPSA) is 75.1 Å². The van der Waals surface area contributed by atoms with Crippen LogP contribution in [-0.2, 0) is 4.79 Å². The largest absolute Gasteiger partial charge is 0.352 e. The lowest BCUT2D eigenvalue weighted by Crippen LogP contribution is -2.33. The number of nitrogens with zero attached hydrogens (tertiary/aromatic N) is 4. The maximum atomic E-state index is 12.8. The minimum Gasteiger partial charge on any atom is -0.352 e. The molecule has 36 heavy (non-hydrogen) atoms. The average molecular weight is 517 g/mol. The predicted octanol–water partition coefficient (Wildman–Crippen LogP) is 5.23. The first-order valence-corrected chi connectivity index (χ1v) is 12.4. The van der Waals surface area contributed by atoms with Gasteiger partial charge in [0.25, 0.3) is 0 Å². The van der Waals surface area contributed by atoms with Crippen molar-refractivity contribution in [3.63, 3.8) is 0 Å². The number of thiocarbonyl (C=S) groups is 1. The molecule has 3 aromatic heterocycles. The molecule has 1 aliphatic heterocycles. The summed E-state index contributed by atoms with van der Waals surface area (Å²) < 4.78 is 2.02. The van der Waals surface area contributed by atoms with Gasteiger partial charge in [-0.2, -0.15) is 0 Å². The van der Waals surface area contributed by atoms with Crippen molar-refractivity contribution in [2.24, 2.45) is 0 Å². The lowest BCUT2D eigenvalue weighted by Gasteiger charge is -2.28. The van der Waals surface area contributed by atoms with Gasteiger partial charge in [0.1, 0.15) is 5.82 Å². The number of pyridine rings is 2. The summed E-state index contributed by atoms with van der Waals surface area (Å²) in [5, 5.41) is 7.58. The van der Waals surface area contributed by atoms with Crippen molar-refractivity contribution in [1.29, 1.82) is 0 Å². The summed E-state index contributed by atoms with van der Waals surface area (Å²) >= 11 is 11.8. The zero-order chi connectivity index (χ0) is 25.1. The quantitative estimate of drug-likeness (QED) is 0.328. The van der Waals surface area contributed by atoms with Gasteiger partial charge < -0.3 is 20.1 Å². The van der Waals surface area contributed by atoms with Gasteiger partial charge in [-0.1, -0.05) is 29.8 Å². The molecule has 182 valence electrons. The Morgan fingerprint density at radius 3 is 2.75 bits per heavy atom. The van der Waals surface area contributed by atoms with Crippen LogP contribution in [-0.4, -0.2) is 37.0 Å². The minimum absolute atomic E-state index is 0.0711. The van der Waals surface area contributed by atoms with Crippen LogP contribution in [0.1, 0.15) is 35.5 Å². The van der Waals surface area contributed by atoms with Crippen LogP contribution in [0.25, 0.3) is 5.82 Å². The second kappa shape index (κ2) is 10.5. The maximum Gasteiger partial charge on any atom is 0.226 e. The van der Waals surface area contributed by atoms with Gasteiger partial charge >= 0.3 is 0 Å². The number of hydrogen-bond acceptors (Lipinski definition) is 4. The highest BCUT2D eigenvalue weighted by atomic mass is 35.5. The molecule has 4 heterocycles. The van der Waals surface area contributed by atoms with Crippen LogP contribution in [0.3, 0.4) is 0 Å². The number of hydrogen-bond donors (Lipinski definition) is 2. The van der Waals surface area contributed by atoms with E-state index in [0.29, 0.717) is 16.7 Å². The molecular formula is C27H25ClN6OS. The summed E-state index contributed by atoms with van der Waals surface area (Å²) in [4.78, 5) is 24.0. The minimum atomic E-state index is -0.202. The summed E-state index contributed by atoms with van der Waals surface area (Å²) in [6, 6.07) is 20.9. The number of carbonyl (C=O) groups excluding carboxylic acids is 1. The number of aromatic nitrogens is 3. The van der Waals surface area contributed by atoms with Gasteiger partial charge in [-0.05, 0) is 73.2 Å². The molecule has 1 saturated heterocycles. The Hall–Kier alpha value is -3.75. The normalized spacial score (nSPS) is 17.2. The molecule has 5 rings (SSSR count). The molecule has 1 aromatic carbocycles. The molecule has 0 bridgehead atoms. The zero-order valence-corrected chi connectivity index (χ0v) is 21.2. The first kappa shape index (κ1) is 24.0. The molecule has 0 aliphatic carbocycles. The molecule has 1 amide bonds. The number of amides is 1. The van der Waals surface area contributed by atoms with Crippen LogP contribution in [0.5, 0.6) is 0 Å². The lowest BCUT2D eigenvalue weighted by molar-refractivity contribution is -0.116. The van der Waals surface area contributed by atoms with Gasteiger partial charge in [-0.15, -0.1) is 0 Å². The van der Waals surface area contributed by atoms with E-state index in [-0.39, 0.29) is 24.4 Å². The van der Waals surface area contributed by atoms with Gasteiger partial charge in [0.05, 0.1) is 22.8 Å². The van der Waals surface area contributed by atoms with Crippen molar-refractivity contribution in [1.82, 2.24) is 24.8 Å². The fraction of sp³-hybridized carbons (Fsp3) is 0.185. The van der Waals surface area contributed by atoms with E-state index in [4.69, 9.17) is 23.8 Å². The lowest BCUT2D eigenvalue weighted by atomic mass is 10.0. The molecule has 2 atom stereocenters. The molecule has 1 aliphatic rings. The number of benzene rings is 1. The average Bonchev–Trinajstić information content (AvgIpc) is 3.48. The monoisotopic (exact) mass is 516 g/mol. The van der Waals surface area contributed by atoms with Crippen molar-refractivity contribution < 1.29 is 4.79 Å². The number of aryl methyl sites for hydroxylation is 1. The summed E-state index contributed by atoms with van der Waals surface area (Å²) in [6.07, 6.45) is 5.64. The second-order valence-electron chi connectivity index (χ2n) is 8.63.